The van der Waals surface area contributed by atoms with Crippen molar-refractivity contribution >= 4 is 97.2 Å². The number of aliphatic carboxylic acids is 1. The predicted molar refractivity (Wildman–Crippen MR) is 386 cm³/mol. The number of benzene rings is 2. The first kappa shape index (κ1) is 77.9. The summed E-state index contributed by atoms with van der Waals surface area (Å²) in [7, 11) is 6.36. The SMILES string of the molecule is CCC1(O)CC2CN(CCc3c([nH]c4ccccc34)[C@@](C)(c3cc4c(cc3OC)N(C)[C@H]3C(O)(C(=O)NNC(=O)OCCSSCCCC(=O)[C@H](C)NC(=O)[C@H](C)CC(=O)[C@H](CCCN=C(N)N)NC(=O)[C@H](C)CC(=O)CC[C@H](NC(C)=O)C(=O)O)[C@H](O)[C@]5(CC)C=CCN6CC[C@]43[C@@H]65)C2)C1. The minimum absolute atomic E-state index is 0.0618. The molecule has 5 amide bonds. The van der Waals surface area contributed by atoms with Crippen LogP contribution < -0.4 is 47.9 Å². The Morgan fingerprint density at radius 2 is 1.56 bits per heavy atom. The third-order valence-electron chi connectivity index (χ3n) is 22.3. The predicted octanol–water partition coefficient (Wildman–Crippen LogP) is 4.19. The van der Waals surface area contributed by atoms with E-state index < -0.39 is 117 Å². The van der Waals surface area contributed by atoms with E-state index in [1.165, 1.54) is 41.0 Å². The van der Waals surface area contributed by atoms with Crippen LogP contribution in [0.3, 0.4) is 0 Å². The van der Waals surface area contributed by atoms with Crippen molar-refractivity contribution in [3.05, 3.63) is 70.9 Å². The van der Waals surface area contributed by atoms with Gasteiger partial charge in [-0.05, 0) is 114 Å². The van der Waals surface area contributed by atoms with Gasteiger partial charge >= 0.3 is 12.1 Å². The van der Waals surface area contributed by atoms with Crippen LogP contribution in [0.1, 0.15) is 154 Å². The zero-order chi connectivity index (χ0) is 73.5. The van der Waals surface area contributed by atoms with E-state index in [0.29, 0.717) is 75.4 Å². The molecule has 101 heavy (non-hydrogen) atoms. The summed E-state index contributed by atoms with van der Waals surface area (Å²) in [5.41, 5.74) is 15.7. The Balaban J connectivity index is 0.779. The molecule has 29 heteroatoms. The molecule has 14 N–H and O–H groups in total. The minimum Gasteiger partial charge on any atom is -0.496 e. The van der Waals surface area contributed by atoms with Crippen molar-refractivity contribution in [1.29, 1.82) is 0 Å². The maximum atomic E-state index is 15.1. The molecule has 9 rings (SSSR count). The van der Waals surface area contributed by atoms with Crippen molar-refractivity contribution in [2.45, 2.75) is 197 Å². The molecule has 1 aromatic heterocycles. The van der Waals surface area contributed by atoms with Crippen LogP contribution in [0.25, 0.3) is 10.9 Å². The molecule has 3 aromatic rings. The molecule has 1 saturated carbocycles. The summed E-state index contributed by atoms with van der Waals surface area (Å²) >= 11 is 0. The second-order valence-electron chi connectivity index (χ2n) is 29.1. The summed E-state index contributed by atoms with van der Waals surface area (Å²) in [6.07, 6.45) is 5.14. The number of hydrogen-bond acceptors (Lipinski definition) is 20. The second kappa shape index (κ2) is 32.6. The lowest BCUT2D eigenvalue weighted by Gasteiger charge is -2.63. The number of ether oxygens (including phenoxy) is 2. The zero-order valence-corrected chi connectivity index (χ0v) is 61.3. The number of guanidine groups is 1. The third kappa shape index (κ3) is 16.2. The number of hydrogen-bond donors (Lipinski definition) is 12. The van der Waals surface area contributed by atoms with Crippen molar-refractivity contribution < 1.29 is 73.1 Å². The Kier molecular flexibility index (Phi) is 25.1. The summed E-state index contributed by atoms with van der Waals surface area (Å²) in [6.45, 7) is 15.6. The van der Waals surface area contributed by atoms with Crippen molar-refractivity contribution in [3.63, 3.8) is 0 Å². The van der Waals surface area contributed by atoms with Gasteiger partial charge in [-0.1, -0.05) is 79.6 Å². The number of aliphatic imine (C=N–C) groups is 1. The van der Waals surface area contributed by atoms with Gasteiger partial charge in [0.1, 0.15) is 30.3 Å². The number of carboxylic acid groups (broad SMARTS) is 1. The number of piperidine rings is 1. The molecule has 15 atom stereocenters. The fourth-order valence-electron chi connectivity index (χ4n) is 17.4. The van der Waals surface area contributed by atoms with E-state index in [9.17, 15) is 58.8 Å². The van der Waals surface area contributed by atoms with Crippen molar-refractivity contribution in [3.8, 4) is 5.75 Å². The highest BCUT2D eigenvalue weighted by Gasteiger charge is 2.79. The summed E-state index contributed by atoms with van der Waals surface area (Å²) in [5.74, 6) is -5.49. The molecule has 5 aliphatic heterocycles. The molecule has 6 heterocycles. The number of anilines is 1. The van der Waals surface area contributed by atoms with Gasteiger partial charge in [-0.2, -0.15) is 0 Å². The number of nitrogens with one attached hydrogen (secondary N) is 6. The zero-order valence-electron chi connectivity index (χ0n) is 59.6. The number of rotatable bonds is 32. The van der Waals surface area contributed by atoms with Crippen molar-refractivity contribution in [1.82, 2.24) is 41.6 Å². The van der Waals surface area contributed by atoms with Crippen molar-refractivity contribution in [2.75, 3.05) is 76.4 Å². The number of Topliss-reactive ketones (excluding diaryl/α,β-unsaturated/α-hetero) is 3. The largest absolute Gasteiger partial charge is 0.496 e. The smallest absolute Gasteiger partial charge is 0.426 e. The number of para-hydroxylation sites is 1. The van der Waals surface area contributed by atoms with E-state index in [0.717, 1.165) is 59.8 Å². The number of H-pyrrole nitrogens is 1. The summed E-state index contributed by atoms with van der Waals surface area (Å²) < 4.78 is 11.9. The summed E-state index contributed by atoms with van der Waals surface area (Å²) in [5, 5.41) is 56.8. The van der Waals surface area contributed by atoms with Crippen LogP contribution in [0.2, 0.25) is 0 Å². The summed E-state index contributed by atoms with van der Waals surface area (Å²) in [6, 6.07) is 8.14. The molecular weight excluding hydrogens is 1340 g/mol. The average Bonchev–Trinajstić information content (AvgIpc) is 1.50. The summed E-state index contributed by atoms with van der Waals surface area (Å²) in [4.78, 5) is 132. The van der Waals surface area contributed by atoms with Gasteiger partial charge in [0.2, 0.25) is 17.7 Å². The van der Waals surface area contributed by atoms with Crippen LogP contribution in [-0.4, -0.2) is 213 Å². The Labute approximate surface area is 598 Å². The van der Waals surface area contributed by atoms with Crippen molar-refractivity contribution in [2.24, 2.45) is 39.6 Å². The molecule has 2 bridgehead atoms. The first-order valence-corrected chi connectivity index (χ1v) is 37.9. The number of carbonyl (C=O) groups is 9. The van der Waals surface area contributed by atoms with E-state index in [1.54, 1.807) is 14.0 Å². The highest BCUT2D eigenvalue weighted by molar-refractivity contribution is 8.76. The molecule has 6 aliphatic rings. The number of hydrazine groups is 1. The van der Waals surface area contributed by atoms with Crippen LogP contribution in [0, 0.1) is 23.2 Å². The van der Waals surface area contributed by atoms with E-state index in [-0.39, 0.29) is 81.8 Å². The number of aromatic nitrogens is 1. The normalized spacial score (nSPS) is 27.8. The Hall–Kier alpha value is -7.28. The fourth-order valence-corrected chi connectivity index (χ4v) is 19.3. The number of aliphatic hydroxyl groups is 3. The van der Waals surface area contributed by atoms with Gasteiger partial charge in [0, 0.05) is 152 Å². The van der Waals surface area contributed by atoms with Gasteiger partial charge in [0.25, 0.3) is 5.91 Å². The van der Waals surface area contributed by atoms with E-state index in [4.69, 9.17) is 20.9 Å². The topological polar surface area (TPSA) is 403 Å². The van der Waals surface area contributed by atoms with Crippen LogP contribution in [-0.2, 0) is 60.3 Å². The lowest BCUT2D eigenvalue weighted by Crippen LogP contribution is -2.82. The molecular formula is C72H104N12O15S2. The Morgan fingerprint density at radius 3 is 2.27 bits per heavy atom. The molecule has 0 radical (unpaired) electrons. The number of aromatic amines is 1. The van der Waals surface area contributed by atoms with Gasteiger partial charge in [-0.25, -0.2) is 15.0 Å². The lowest BCUT2D eigenvalue weighted by molar-refractivity contribution is -0.204. The molecule has 4 unspecified atom stereocenters. The molecule has 1 spiro atoms. The number of nitrogens with zero attached hydrogens (tertiary/aromatic N) is 4. The molecule has 554 valence electrons. The Morgan fingerprint density at radius 1 is 0.842 bits per heavy atom. The first-order valence-electron chi connectivity index (χ1n) is 35.4. The number of amides is 5. The highest BCUT2D eigenvalue weighted by Crippen LogP contribution is 2.67. The number of fused-ring (bicyclic) bond motifs is 6. The second-order valence-corrected chi connectivity index (χ2v) is 31.8. The number of carboxylic acids is 1. The van der Waals surface area contributed by atoms with Crippen LogP contribution in [0.15, 0.2) is 53.5 Å². The first-order chi connectivity index (χ1) is 47.9. The maximum Gasteiger partial charge on any atom is 0.426 e. The number of carbonyl (C=O) groups excluding carboxylic acids is 8. The van der Waals surface area contributed by atoms with Gasteiger partial charge in [-0.15, -0.1) is 0 Å². The fraction of sp³-hybridized carbons (Fsp3) is 0.639. The van der Waals surface area contributed by atoms with E-state index >= 15 is 4.79 Å². The average molecular weight is 1440 g/mol. The number of aliphatic hydroxyl groups excluding tert-OH is 1. The monoisotopic (exact) mass is 1440 g/mol. The number of ketones is 3. The standard InChI is InChI=1S/C72H104N12O15S2/c1-10-69(96)38-45-37-68(7,58-48(23-28-83(39-45)40-69)47-17-12-13-18-51(47)78-58)50-35-49-54(36-57(50)98-9)82(8)63-71(49)25-29-84-27-16-24-70(11-2,62(71)84)64(93)72(63,97)65(94)80-81-67(95)99-30-32-101-100-31-15-20-55(87)43(5)76-59(89)42(4)34-56(88)52(19-14-26-75-66(73)74)79-60(90)41(3)33-46(86)21-22-53(61(91)92)77-44(6)85/h12-13,16-18,24,35-36,41-43,45,52-53,62-64,78,93,96-97H,10-11,14-15,19-23,25-34,37-40H2,1-9H3,(H,76,89)(H,77,85)(H,79,90)(H,80,94)(H,81,95)(H,91,92)(H4,73,74,75)/t41-,42-,43+,45?,52+,53+,62+,63-,64-,68-,69?,70-,71-,72?/m1/s1. The quantitative estimate of drug-likeness (QED) is 0.0104. The molecule has 27 nitrogen and oxygen atoms in total. The minimum atomic E-state index is -2.51. The van der Waals surface area contributed by atoms with E-state index in [2.05, 4.69) is 84.7 Å². The third-order valence-corrected chi connectivity index (χ3v) is 24.7. The molecule has 2 aromatic carbocycles. The molecule has 1 aliphatic carbocycles. The Bertz CT molecular complexity index is 3660. The van der Waals surface area contributed by atoms with Gasteiger partial charge in [0.05, 0.1) is 30.8 Å². The highest BCUT2D eigenvalue weighted by atomic mass is 33.1. The van der Waals surface area contributed by atoms with E-state index in [1.807, 2.05) is 43.2 Å². The lowest BCUT2D eigenvalue weighted by atomic mass is 9.47. The van der Waals surface area contributed by atoms with Gasteiger partial charge in [0.15, 0.2) is 23.1 Å². The molecule has 2 saturated heterocycles. The number of likely N-dealkylation sites (N-methyl/N-ethyl adjacent to an activating group) is 1. The maximum absolute atomic E-state index is 15.1. The number of methoxy groups -OCH3 is 1. The number of nitrogens with two attached hydrogens (primary N) is 2. The molecule has 3 fully saturated rings. The van der Waals surface area contributed by atoms with Crippen LogP contribution in [0.4, 0.5) is 10.5 Å². The van der Waals surface area contributed by atoms with Crippen LogP contribution in [0.5, 0.6) is 5.75 Å². The van der Waals surface area contributed by atoms with Crippen LogP contribution >= 0.6 is 21.6 Å². The van der Waals surface area contributed by atoms with Gasteiger partial charge in [-0.3, -0.25) is 53.8 Å². The van der Waals surface area contributed by atoms with Gasteiger partial charge < -0.3 is 67.2 Å².